The van der Waals surface area contributed by atoms with Gasteiger partial charge in [-0.1, -0.05) is 30.3 Å². The predicted octanol–water partition coefficient (Wildman–Crippen LogP) is 4.21. The van der Waals surface area contributed by atoms with Crippen LogP contribution in [-0.2, 0) is 4.79 Å². The zero-order valence-corrected chi connectivity index (χ0v) is 18.8. The molecule has 1 heterocycles. The van der Waals surface area contributed by atoms with Gasteiger partial charge in [-0.25, -0.2) is 9.37 Å². The Balaban J connectivity index is 1.95. The number of anilines is 2. The predicted molar refractivity (Wildman–Crippen MR) is 129 cm³/mol. The van der Waals surface area contributed by atoms with Gasteiger partial charge in [-0.2, -0.15) is 0 Å². The normalized spacial score (nSPS) is 10.4. The molecule has 0 saturated heterocycles. The van der Waals surface area contributed by atoms with E-state index < -0.39 is 6.67 Å². The van der Waals surface area contributed by atoms with Crippen molar-refractivity contribution in [1.82, 2.24) is 9.88 Å². The van der Waals surface area contributed by atoms with Gasteiger partial charge in [-0.15, -0.1) is 0 Å². The van der Waals surface area contributed by atoms with Crippen molar-refractivity contribution in [1.29, 1.82) is 5.41 Å². The molecule has 0 bridgehead atoms. The molecule has 0 radical (unpaired) electrons. The molecule has 1 aromatic heterocycles. The van der Waals surface area contributed by atoms with Crippen LogP contribution >= 0.6 is 0 Å². The van der Waals surface area contributed by atoms with Crippen molar-refractivity contribution in [3.63, 3.8) is 0 Å². The third-order valence-electron chi connectivity index (χ3n) is 5.07. The molecule has 0 fully saturated rings. The molecule has 0 aliphatic carbocycles. The first-order chi connectivity index (χ1) is 15.8. The molecule has 0 aliphatic rings. The van der Waals surface area contributed by atoms with E-state index in [2.05, 4.69) is 15.6 Å². The fraction of sp³-hybridized carbons (Fsp3) is 0.200. The molecule has 0 atom stereocenters. The summed E-state index contributed by atoms with van der Waals surface area (Å²) in [5, 5.41) is 14.4. The van der Waals surface area contributed by atoms with Crippen LogP contribution in [0.25, 0.3) is 11.1 Å². The molecule has 0 unspecified atom stereocenters. The molecule has 8 heteroatoms. The summed E-state index contributed by atoms with van der Waals surface area (Å²) in [5.74, 6) is 0.0426. The Bertz CT molecular complexity index is 1190. The molecular weight excluding hydrogens is 421 g/mol. The molecule has 3 N–H and O–H groups in total. The number of rotatable bonds is 8. The second-order valence-electron chi connectivity index (χ2n) is 7.50. The summed E-state index contributed by atoms with van der Waals surface area (Å²) in [6.45, 7) is 0.850. The first-order valence-corrected chi connectivity index (χ1v) is 10.4. The number of nitrogens with zero attached hydrogens (tertiary/aromatic N) is 2. The number of benzene rings is 2. The van der Waals surface area contributed by atoms with Crippen LogP contribution < -0.4 is 10.6 Å². The molecule has 3 rings (SSSR count). The minimum Gasteiger partial charge on any atom is -0.373 e. The van der Waals surface area contributed by atoms with Gasteiger partial charge in [0, 0.05) is 44.3 Å². The van der Waals surface area contributed by atoms with Gasteiger partial charge in [-0.3, -0.25) is 15.0 Å². The highest BCUT2D eigenvalue weighted by atomic mass is 19.1. The number of carbonyl (C=O) groups is 2. The number of pyridine rings is 1. The number of carbonyl (C=O) groups excluding carboxylic acids is 2. The third-order valence-corrected chi connectivity index (χ3v) is 5.07. The van der Waals surface area contributed by atoms with Crippen molar-refractivity contribution in [2.75, 3.05) is 37.9 Å². The largest absolute Gasteiger partial charge is 0.373 e. The summed E-state index contributed by atoms with van der Waals surface area (Å²) in [4.78, 5) is 29.6. The molecule has 0 saturated carbocycles. The summed E-state index contributed by atoms with van der Waals surface area (Å²) in [6.07, 6.45) is 1.53. The highest BCUT2D eigenvalue weighted by molar-refractivity contribution is 6.14. The van der Waals surface area contributed by atoms with E-state index >= 15 is 0 Å². The average Bonchev–Trinajstić information content (AvgIpc) is 2.83. The van der Waals surface area contributed by atoms with Crippen molar-refractivity contribution in [3.05, 3.63) is 77.5 Å². The van der Waals surface area contributed by atoms with E-state index in [-0.39, 0.29) is 24.1 Å². The Morgan fingerprint density at radius 2 is 1.70 bits per heavy atom. The van der Waals surface area contributed by atoms with E-state index in [1.54, 1.807) is 38.4 Å². The second kappa shape index (κ2) is 10.5. The second-order valence-corrected chi connectivity index (χ2v) is 7.50. The van der Waals surface area contributed by atoms with Crippen molar-refractivity contribution >= 4 is 29.0 Å². The number of amides is 2. The van der Waals surface area contributed by atoms with E-state index in [1.165, 1.54) is 18.0 Å². The lowest BCUT2D eigenvalue weighted by molar-refractivity contribution is -0.114. The molecule has 0 spiro atoms. The van der Waals surface area contributed by atoms with Crippen molar-refractivity contribution < 1.29 is 14.0 Å². The van der Waals surface area contributed by atoms with Crippen LogP contribution in [0.3, 0.4) is 0 Å². The van der Waals surface area contributed by atoms with Crippen LogP contribution in [0.2, 0.25) is 0 Å². The number of aromatic nitrogens is 1. The van der Waals surface area contributed by atoms with Crippen molar-refractivity contribution in [3.8, 4) is 11.1 Å². The molecule has 7 nitrogen and oxygen atoms in total. The molecule has 0 aliphatic heterocycles. The number of hydrogen-bond donors (Lipinski definition) is 3. The van der Waals surface area contributed by atoms with Crippen LogP contribution in [0.1, 0.15) is 28.4 Å². The first-order valence-electron chi connectivity index (χ1n) is 10.4. The quantitative estimate of drug-likeness (QED) is 0.451. The number of nitrogens with one attached hydrogen (secondary N) is 3. The maximum Gasteiger partial charge on any atom is 0.253 e. The molecule has 170 valence electrons. The van der Waals surface area contributed by atoms with E-state index in [4.69, 9.17) is 5.41 Å². The van der Waals surface area contributed by atoms with Crippen molar-refractivity contribution in [2.45, 2.75) is 6.92 Å². The maximum atomic E-state index is 12.6. The van der Waals surface area contributed by atoms with Gasteiger partial charge < -0.3 is 15.5 Å². The minimum absolute atomic E-state index is 0.0368. The fourth-order valence-electron chi connectivity index (χ4n) is 3.42. The number of halogens is 1. The van der Waals surface area contributed by atoms with Gasteiger partial charge in [0.05, 0.1) is 17.6 Å². The lowest BCUT2D eigenvalue weighted by Crippen LogP contribution is -2.28. The topological polar surface area (TPSA) is 98.2 Å². The van der Waals surface area contributed by atoms with E-state index in [1.807, 2.05) is 30.3 Å². The van der Waals surface area contributed by atoms with Gasteiger partial charge in [0.15, 0.2) is 0 Å². The summed E-state index contributed by atoms with van der Waals surface area (Å²) in [5.41, 5.74) is 4.03. The van der Waals surface area contributed by atoms with Gasteiger partial charge >= 0.3 is 0 Å². The number of alkyl halides is 1. The Labute approximate surface area is 192 Å². The van der Waals surface area contributed by atoms with Gasteiger partial charge in [0.25, 0.3) is 5.91 Å². The summed E-state index contributed by atoms with van der Waals surface area (Å²) >= 11 is 0. The SMILES string of the molecule is CNc1ncc(NC(C)=O)cc1C(=N)c1cccc(-c2cccc(C(=O)N(C)CCF)c2)c1. The molecule has 33 heavy (non-hydrogen) atoms. The van der Waals surface area contributed by atoms with E-state index in [0.717, 1.165) is 11.1 Å². The Kier molecular flexibility index (Phi) is 7.50. The molecule has 2 aromatic carbocycles. The highest BCUT2D eigenvalue weighted by Crippen LogP contribution is 2.26. The van der Waals surface area contributed by atoms with Crippen LogP contribution in [0.15, 0.2) is 60.8 Å². The Morgan fingerprint density at radius 3 is 2.30 bits per heavy atom. The number of hydrogen-bond acceptors (Lipinski definition) is 5. The average molecular weight is 448 g/mol. The summed E-state index contributed by atoms with van der Waals surface area (Å²) in [6, 6.07) is 16.3. The van der Waals surface area contributed by atoms with Gasteiger partial charge in [0.1, 0.15) is 12.5 Å². The standard InChI is InChI=1S/C25H26FN5O2/c1-16(32)30-21-14-22(24(28-2)29-15-21)23(27)19-8-4-6-17(12-19)18-7-5-9-20(13-18)25(33)31(3)11-10-26/h4-9,12-15,27H,10-11H2,1-3H3,(H,28,29)(H,30,32). The fourth-order valence-corrected chi connectivity index (χ4v) is 3.42. The van der Waals surface area contributed by atoms with Crippen molar-refractivity contribution in [2.24, 2.45) is 0 Å². The highest BCUT2D eigenvalue weighted by Gasteiger charge is 2.15. The Hall–Kier alpha value is -4.07. The lowest BCUT2D eigenvalue weighted by atomic mass is 9.96. The van der Waals surface area contributed by atoms with Crippen LogP contribution in [-0.4, -0.2) is 54.7 Å². The van der Waals surface area contributed by atoms with Gasteiger partial charge in [0.2, 0.25) is 5.91 Å². The van der Waals surface area contributed by atoms with E-state index in [0.29, 0.717) is 28.2 Å². The third kappa shape index (κ3) is 5.60. The summed E-state index contributed by atoms with van der Waals surface area (Å²) in [7, 11) is 3.29. The molecule has 3 aromatic rings. The maximum absolute atomic E-state index is 12.6. The molecular formula is C25H26FN5O2. The van der Waals surface area contributed by atoms with Crippen LogP contribution in [0, 0.1) is 5.41 Å². The van der Waals surface area contributed by atoms with Gasteiger partial charge in [-0.05, 0) is 35.4 Å². The monoisotopic (exact) mass is 447 g/mol. The minimum atomic E-state index is -0.599. The smallest absolute Gasteiger partial charge is 0.253 e. The summed E-state index contributed by atoms with van der Waals surface area (Å²) < 4.78 is 12.6. The first kappa shape index (κ1) is 23.6. The lowest BCUT2D eigenvalue weighted by Gasteiger charge is -2.16. The molecule has 2 amide bonds. The Morgan fingerprint density at radius 1 is 1.06 bits per heavy atom. The zero-order chi connectivity index (χ0) is 24.0. The van der Waals surface area contributed by atoms with E-state index in [9.17, 15) is 14.0 Å². The zero-order valence-electron chi connectivity index (χ0n) is 18.8. The van der Waals surface area contributed by atoms with Crippen LogP contribution in [0.5, 0.6) is 0 Å². The van der Waals surface area contributed by atoms with Crippen LogP contribution in [0.4, 0.5) is 15.9 Å².